The molecule has 100 valence electrons. The summed E-state index contributed by atoms with van der Waals surface area (Å²) in [4.78, 5) is 35.9. The van der Waals surface area contributed by atoms with Crippen LogP contribution in [0.25, 0.3) is 0 Å². The molecule has 1 aliphatic heterocycles. The van der Waals surface area contributed by atoms with Gasteiger partial charge in [-0.25, -0.2) is 4.90 Å². The number of amides is 2. The second-order valence-electron chi connectivity index (χ2n) is 4.59. The fraction of sp³-hybridized carbons (Fsp3) is 0.357. The molecular formula is C14H16N2O3. The van der Waals surface area contributed by atoms with E-state index in [4.69, 9.17) is 5.73 Å². The SMILES string of the molecule is CC(=O)C(=O)N1C(=O)CCc2cc(CCN)ccc21. The summed E-state index contributed by atoms with van der Waals surface area (Å²) >= 11 is 0. The zero-order valence-electron chi connectivity index (χ0n) is 10.8. The van der Waals surface area contributed by atoms with Crippen LogP contribution >= 0.6 is 0 Å². The molecule has 0 bridgehead atoms. The maximum Gasteiger partial charge on any atom is 0.300 e. The van der Waals surface area contributed by atoms with Crippen LogP contribution in [0.3, 0.4) is 0 Å². The van der Waals surface area contributed by atoms with E-state index in [9.17, 15) is 14.4 Å². The Kier molecular flexibility index (Phi) is 3.76. The second-order valence-corrected chi connectivity index (χ2v) is 4.59. The lowest BCUT2D eigenvalue weighted by Crippen LogP contribution is -2.43. The number of ketones is 1. The first-order valence-corrected chi connectivity index (χ1v) is 6.24. The number of benzene rings is 1. The Morgan fingerprint density at radius 1 is 1.32 bits per heavy atom. The number of Topliss-reactive ketones (excluding diaryl/α,β-unsaturated/α-hetero) is 1. The van der Waals surface area contributed by atoms with Crippen LogP contribution < -0.4 is 10.6 Å². The largest absolute Gasteiger partial charge is 0.330 e. The van der Waals surface area contributed by atoms with E-state index in [0.29, 0.717) is 18.7 Å². The maximum atomic E-state index is 11.8. The van der Waals surface area contributed by atoms with Crippen LogP contribution in [0.2, 0.25) is 0 Å². The molecule has 2 N–H and O–H groups in total. The lowest BCUT2D eigenvalue weighted by Gasteiger charge is -2.27. The van der Waals surface area contributed by atoms with Gasteiger partial charge in [0.2, 0.25) is 11.7 Å². The molecular weight excluding hydrogens is 244 g/mol. The van der Waals surface area contributed by atoms with Gasteiger partial charge < -0.3 is 5.73 Å². The Balaban J connectivity index is 2.42. The van der Waals surface area contributed by atoms with E-state index in [0.717, 1.165) is 22.4 Å². The minimum atomic E-state index is -0.766. The highest BCUT2D eigenvalue weighted by Crippen LogP contribution is 2.29. The smallest absolute Gasteiger partial charge is 0.300 e. The first kappa shape index (κ1) is 13.4. The van der Waals surface area contributed by atoms with Crippen molar-refractivity contribution in [3.05, 3.63) is 29.3 Å². The first-order chi connectivity index (χ1) is 9.04. The average Bonchev–Trinajstić information content (AvgIpc) is 2.38. The zero-order valence-corrected chi connectivity index (χ0v) is 10.8. The summed E-state index contributed by atoms with van der Waals surface area (Å²) in [6.07, 6.45) is 1.59. The fourth-order valence-electron chi connectivity index (χ4n) is 2.25. The van der Waals surface area contributed by atoms with Crippen LogP contribution in [0.5, 0.6) is 0 Å². The molecule has 1 aromatic rings. The van der Waals surface area contributed by atoms with Gasteiger partial charge in [-0.1, -0.05) is 12.1 Å². The van der Waals surface area contributed by atoms with Crippen molar-refractivity contribution < 1.29 is 14.4 Å². The van der Waals surface area contributed by atoms with Gasteiger partial charge in [-0.05, 0) is 36.6 Å². The highest BCUT2D eigenvalue weighted by molar-refractivity contribution is 6.45. The van der Waals surface area contributed by atoms with Gasteiger partial charge in [-0.3, -0.25) is 14.4 Å². The van der Waals surface area contributed by atoms with Crippen LogP contribution in [0.1, 0.15) is 24.5 Å². The van der Waals surface area contributed by atoms with Crippen LogP contribution in [-0.4, -0.2) is 24.1 Å². The number of hydrogen-bond acceptors (Lipinski definition) is 4. The highest BCUT2D eigenvalue weighted by Gasteiger charge is 2.31. The van der Waals surface area contributed by atoms with Gasteiger partial charge in [-0.15, -0.1) is 0 Å². The van der Waals surface area contributed by atoms with E-state index < -0.39 is 11.7 Å². The van der Waals surface area contributed by atoms with Crippen LogP contribution in [0, 0.1) is 0 Å². The second kappa shape index (κ2) is 5.32. The minimum Gasteiger partial charge on any atom is -0.330 e. The van der Waals surface area contributed by atoms with Gasteiger partial charge in [0.1, 0.15) is 0 Å². The fourth-order valence-corrected chi connectivity index (χ4v) is 2.25. The van der Waals surface area contributed by atoms with Crippen molar-refractivity contribution in [3.8, 4) is 0 Å². The summed E-state index contributed by atoms with van der Waals surface area (Å²) in [5.41, 5.74) is 8.03. The van der Waals surface area contributed by atoms with E-state index in [1.165, 1.54) is 6.92 Å². The standard InChI is InChI=1S/C14H16N2O3/c1-9(17)14(19)16-12-4-2-10(6-7-15)8-11(12)3-5-13(16)18/h2,4,8H,3,5-7,15H2,1H3. The Bertz CT molecular complexity index is 552. The van der Waals surface area contributed by atoms with Crippen molar-refractivity contribution in [1.29, 1.82) is 0 Å². The van der Waals surface area contributed by atoms with Gasteiger partial charge in [-0.2, -0.15) is 0 Å². The van der Waals surface area contributed by atoms with Crippen molar-refractivity contribution in [3.63, 3.8) is 0 Å². The van der Waals surface area contributed by atoms with E-state index in [2.05, 4.69) is 0 Å². The lowest BCUT2D eigenvalue weighted by atomic mass is 9.97. The maximum absolute atomic E-state index is 11.8. The number of carbonyl (C=O) groups is 3. The van der Waals surface area contributed by atoms with Crippen LogP contribution in [-0.2, 0) is 27.2 Å². The molecule has 2 rings (SSSR count). The summed E-state index contributed by atoms with van der Waals surface area (Å²) < 4.78 is 0. The Hall–Kier alpha value is -2.01. The van der Waals surface area contributed by atoms with Crippen LogP contribution in [0.15, 0.2) is 18.2 Å². The molecule has 0 aliphatic carbocycles. The van der Waals surface area contributed by atoms with Gasteiger partial charge in [0.05, 0.1) is 5.69 Å². The Morgan fingerprint density at radius 2 is 2.05 bits per heavy atom. The summed E-state index contributed by atoms with van der Waals surface area (Å²) in [5, 5.41) is 0. The van der Waals surface area contributed by atoms with Crippen molar-refractivity contribution in [2.24, 2.45) is 5.73 Å². The van der Waals surface area contributed by atoms with Crippen LogP contribution in [0.4, 0.5) is 5.69 Å². The molecule has 0 aromatic heterocycles. The molecule has 0 radical (unpaired) electrons. The molecule has 0 fully saturated rings. The molecule has 5 nitrogen and oxygen atoms in total. The van der Waals surface area contributed by atoms with E-state index in [-0.39, 0.29) is 12.3 Å². The van der Waals surface area contributed by atoms with E-state index in [1.54, 1.807) is 6.07 Å². The zero-order chi connectivity index (χ0) is 14.0. The predicted molar refractivity (Wildman–Crippen MR) is 70.7 cm³/mol. The molecule has 0 saturated carbocycles. The van der Waals surface area contributed by atoms with Gasteiger partial charge in [0, 0.05) is 13.3 Å². The molecule has 0 saturated heterocycles. The topological polar surface area (TPSA) is 80.5 Å². The Labute approximate surface area is 111 Å². The quantitative estimate of drug-likeness (QED) is 0.806. The number of fused-ring (bicyclic) bond motifs is 1. The average molecular weight is 260 g/mol. The van der Waals surface area contributed by atoms with Gasteiger partial charge in [0.25, 0.3) is 0 Å². The molecule has 1 aromatic carbocycles. The molecule has 0 unspecified atom stereocenters. The summed E-state index contributed by atoms with van der Waals surface area (Å²) in [5.74, 6) is -1.72. The summed E-state index contributed by atoms with van der Waals surface area (Å²) in [7, 11) is 0. The molecule has 2 amide bonds. The number of carbonyl (C=O) groups excluding carboxylic acids is 3. The minimum absolute atomic E-state index is 0.248. The molecule has 0 spiro atoms. The third-order valence-electron chi connectivity index (χ3n) is 3.18. The monoisotopic (exact) mass is 260 g/mol. The van der Waals surface area contributed by atoms with E-state index >= 15 is 0 Å². The molecule has 1 aliphatic rings. The van der Waals surface area contributed by atoms with Crippen molar-refractivity contribution in [2.45, 2.75) is 26.2 Å². The number of hydrogen-bond donors (Lipinski definition) is 1. The van der Waals surface area contributed by atoms with E-state index in [1.807, 2.05) is 12.1 Å². The predicted octanol–water partition coefficient (Wildman–Crippen LogP) is 0.583. The van der Waals surface area contributed by atoms with Crippen molar-refractivity contribution in [1.82, 2.24) is 0 Å². The van der Waals surface area contributed by atoms with Crippen molar-refractivity contribution >= 4 is 23.3 Å². The molecule has 1 heterocycles. The number of nitrogens with two attached hydrogens (primary N) is 1. The number of anilines is 1. The number of aryl methyl sites for hydroxylation is 1. The molecule has 5 heteroatoms. The third-order valence-corrected chi connectivity index (χ3v) is 3.18. The summed E-state index contributed by atoms with van der Waals surface area (Å²) in [6.45, 7) is 1.72. The van der Waals surface area contributed by atoms with Gasteiger partial charge in [0.15, 0.2) is 0 Å². The number of imide groups is 1. The summed E-state index contributed by atoms with van der Waals surface area (Å²) in [6, 6.07) is 5.51. The molecule has 19 heavy (non-hydrogen) atoms. The lowest BCUT2D eigenvalue weighted by molar-refractivity contribution is -0.137. The first-order valence-electron chi connectivity index (χ1n) is 6.24. The van der Waals surface area contributed by atoms with Crippen molar-refractivity contribution in [2.75, 3.05) is 11.4 Å². The van der Waals surface area contributed by atoms with Gasteiger partial charge >= 0.3 is 5.91 Å². The number of nitrogens with zero attached hydrogens (tertiary/aromatic N) is 1. The molecule has 0 atom stereocenters. The highest BCUT2D eigenvalue weighted by atomic mass is 16.2. The normalized spacial score (nSPS) is 14.2. The third kappa shape index (κ3) is 2.56. The number of rotatable bonds is 3. The Morgan fingerprint density at radius 3 is 2.68 bits per heavy atom.